The highest BCUT2D eigenvalue weighted by Crippen LogP contribution is 2.47. The number of aliphatic hydroxyl groups is 1. The number of nitrogens with zero attached hydrogens (tertiary/aromatic N) is 2. The lowest BCUT2D eigenvalue weighted by atomic mass is 9.66. The van der Waals surface area contributed by atoms with Crippen LogP contribution in [0.5, 0.6) is 0 Å². The number of halogens is 1. The quantitative estimate of drug-likeness (QED) is 0.550. The van der Waals surface area contributed by atoms with Gasteiger partial charge >= 0.3 is 0 Å². The number of fused-ring (bicyclic) bond motifs is 1. The number of piperidine rings is 1. The molecule has 1 aliphatic heterocycles. The van der Waals surface area contributed by atoms with Crippen molar-refractivity contribution in [1.82, 2.24) is 9.88 Å². The van der Waals surface area contributed by atoms with Crippen LogP contribution < -0.4 is 5.32 Å². The Hall–Kier alpha value is -2.57. The third-order valence-corrected chi connectivity index (χ3v) is 7.77. The second-order valence-corrected chi connectivity index (χ2v) is 10.5. The maximum atomic E-state index is 13.6. The van der Waals surface area contributed by atoms with Crippen LogP contribution in [0.15, 0.2) is 52.9 Å². The van der Waals surface area contributed by atoms with E-state index in [0.717, 1.165) is 35.9 Å². The molecule has 2 heterocycles. The first-order valence-electron chi connectivity index (χ1n) is 11.7. The van der Waals surface area contributed by atoms with E-state index in [0.29, 0.717) is 30.5 Å². The number of hydrogen-bond acceptors (Lipinski definition) is 5. The highest BCUT2D eigenvalue weighted by Gasteiger charge is 2.50. The molecule has 7 heteroatoms. The fourth-order valence-corrected chi connectivity index (χ4v) is 5.65. The van der Waals surface area contributed by atoms with Crippen LogP contribution in [0, 0.1) is 11.3 Å². The number of anilines is 1. The van der Waals surface area contributed by atoms with E-state index in [1.165, 1.54) is 0 Å². The highest BCUT2D eigenvalue weighted by atomic mass is 35.5. The molecule has 1 saturated carbocycles. The van der Waals surface area contributed by atoms with Crippen LogP contribution in [0.4, 0.5) is 6.01 Å². The van der Waals surface area contributed by atoms with Crippen molar-refractivity contribution in [3.63, 3.8) is 0 Å². The van der Waals surface area contributed by atoms with Crippen molar-refractivity contribution in [2.24, 2.45) is 11.3 Å². The van der Waals surface area contributed by atoms with Gasteiger partial charge in [0.1, 0.15) is 5.52 Å². The summed E-state index contributed by atoms with van der Waals surface area (Å²) in [7, 11) is 0. The second kappa shape index (κ2) is 8.33. The molecule has 1 unspecified atom stereocenters. The van der Waals surface area contributed by atoms with Gasteiger partial charge in [-0.05, 0) is 49.1 Å². The van der Waals surface area contributed by atoms with Gasteiger partial charge in [0.15, 0.2) is 5.58 Å². The lowest BCUT2D eigenvalue weighted by Gasteiger charge is -2.51. The molecule has 2 aliphatic rings. The number of para-hydroxylation sites is 2. The number of carbonyl (C=O) groups excluding carboxylic acids is 1. The molecule has 6 nitrogen and oxygen atoms in total. The van der Waals surface area contributed by atoms with Crippen LogP contribution in [0.3, 0.4) is 0 Å². The predicted octanol–water partition coefficient (Wildman–Crippen LogP) is 5.21. The first kappa shape index (κ1) is 22.2. The van der Waals surface area contributed by atoms with Crippen molar-refractivity contribution in [1.29, 1.82) is 0 Å². The molecule has 0 radical (unpaired) electrons. The van der Waals surface area contributed by atoms with Gasteiger partial charge in [-0.25, -0.2) is 0 Å². The Morgan fingerprint density at radius 2 is 1.94 bits per heavy atom. The number of likely N-dealkylation sites (tertiary alicyclic amines) is 1. The summed E-state index contributed by atoms with van der Waals surface area (Å²) in [6, 6.07) is 15.5. The van der Waals surface area contributed by atoms with Crippen LogP contribution in [0.2, 0.25) is 5.02 Å². The molecule has 2 aromatic carbocycles. The summed E-state index contributed by atoms with van der Waals surface area (Å²) in [5, 5.41) is 15.7. The standard InChI is InChI=1S/C26H30ClN3O3/c1-25(2)16-30(15-14-26(25,32)17-10-12-18(27)13-11-17)23(31)19-6-5-8-20(19)28-24-29-21-7-3-4-9-22(21)33-24/h3-4,7,9-13,19-20,32H,5-6,8,14-16H2,1-2H3,(H,28,29)/t19-,20+,26?/m0/s1. The predicted molar refractivity (Wildman–Crippen MR) is 129 cm³/mol. The Morgan fingerprint density at radius 1 is 1.18 bits per heavy atom. The van der Waals surface area contributed by atoms with Crippen LogP contribution >= 0.6 is 11.6 Å². The number of aromatic nitrogens is 1. The van der Waals surface area contributed by atoms with E-state index in [2.05, 4.69) is 10.3 Å². The third-order valence-electron chi connectivity index (χ3n) is 7.52. The molecular weight excluding hydrogens is 438 g/mol. The van der Waals surface area contributed by atoms with Gasteiger partial charge in [0, 0.05) is 29.6 Å². The van der Waals surface area contributed by atoms with Gasteiger partial charge in [-0.2, -0.15) is 4.98 Å². The number of hydrogen-bond donors (Lipinski definition) is 2. The molecule has 2 fully saturated rings. The third kappa shape index (κ3) is 4.00. The van der Waals surface area contributed by atoms with Crippen LogP contribution in [0.25, 0.3) is 11.1 Å². The minimum Gasteiger partial charge on any atom is -0.424 e. The molecule has 1 amide bonds. The van der Waals surface area contributed by atoms with Gasteiger partial charge in [-0.3, -0.25) is 4.79 Å². The van der Waals surface area contributed by atoms with E-state index < -0.39 is 11.0 Å². The molecule has 1 aliphatic carbocycles. The molecule has 0 spiro atoms. The van der Waals surface area contributed by atoms with Crippen LogP contribution in [0.1, 0.15) is 45.1 Å². The van der Waals surface area contributed by atoms with Crippen LogP contribution in [-0.2, 0) is 10.4 Å². The Kier molecular flexibility index (Phi) is 5.61. The fraction of sp³-hybridized carbons (Fsp3) is 0.462. The van der Waals surface area contributed by atoms with E-state index in [-0.39, 0.29) is 17.9 Å². The SMILES string of the molecule is CC1(C)CN(C(=O)[C@H]2CCC[C@H]2Nc2nc3ccccc3o2)CCC1(O)c1ccc(Cl)cc1. The molecule has 2 N–H and O–H groups in total. The minimum absolute atomic E-state index is 0.00856. The topological polar surface area (TPSA) is 78.6 Å². The summed E-state index contributed by atoms with van der Waals surface area (Å²) in [5.74, 6) is 0.0184. The molecular formula is C26H30ClN3O3. The lowest BCUT2D eigenvalue weighted by molar-refractivity contribution is -0.156. The monoisotopic (exact) mass is 467 g/mol. The molecule has 3 aromatic rings. The Balaban J connectivity index is 1.30. The lowest BCUT2D eigenvalue weighted by Crippen LogP contribution is -2.58. The van der Waals surface area contributed by atoms with E-state index in [4.69, 9.17) is 16.0 Å². The smallest absolute Gasteiger partial charge is 0.295 e. The Morgan fingerprint density at radius 3 is 2.67 bits per heavy atom. The summed E-state index contributed by atoms with van der Waals surface area (Å²) < 4.78 is 5.83. The first-order valence-corrected chi connectivity index (χ1v) is 12.0. The van der Waals surface area contributed by atoms with E-state index in [1.807, 2.05) is 67.3 Å². The molecule has 33 heavy (non-hydrogen) atoms. The average molecular weight is 468 g/mol. The molecule has 1 aromatic heterocycles. The molecule has 174 valence electrons. The van der Waals surface area contributed by atoms with Gasteiger partial charge in [-0.15, -0.1) is 0 Å². The van der Waals surface area contributed by atoms with Crippen molar-refractivity contribution in [3.05, 3.63) is 59.1 Å². The molecule has 5 rings (SSSR count). The summed E-state index contributed by atoms with van der Waals surface area (Å²) in [6.45, 7) is 5.08. The number of benzene rings is 2. The molecule has 0 bridgehead atoms. The molecule has 3 atom stereocenters. The summed E-state index contributed by atoms with van der Waals surface area (Å²) >= 11 is 6.05. The van der Waals surface area contributed by atoms with Crippen molar-refractivity contribution in [2.75, 3.05) is 18.4 Å². The van der Waals surface area contributed by atoms with Crippen molar-refractivity contribution < 1.29 is 14.3 Å². The van der Waals surface area contributed by atoms with E-state index >= 15 is 0 Å². The van der Waals surface area contributed by atoms with E-state index in [1.54, 1.807) is 0 Å². The Labute approximate surface area is 198 Å². The van der Waals surface area contributed by atoms with Crippen LogP contribution in [-0.4, -0.2) is 40.0 Å². The zero-order valence-corrected chi connectivity index (χ0v) is 19.8. The second-order valence-electron chi connectivity index (χ2n) is 10.0. The van der Waals surface area contributed by atoms with Gasteiger partial charge < -0.3 is 19.7 Å². The van der Waals surface area contributed by atoms with Gasteiger partial charge in [0.05, 0.1) is 11.5 Å². The normalized spacial score (nSPS) is 27.1. The number of oxazole rings is 1. The van der Waals surface area contributed by atoms with Crippen molar-refractivity contribution in [2.45, 2.75) is 51.2 Å². The van der Waals surface area contributed by atoms with Crippen molar-refractivity contribution >= 4 is 34.6 Å². The average Bonchev–Trinajstić information content (AvgIpc) is 3.42. The number of amides is 1. The Bertz CT molecular complexity index is 1130. The zero-order valence-electron chi connectivity index (χ0n) is 19.1. The fourth-order valence-electron chi connectivity index (χ4n) is 5.53. The number of rotatable bonds is 4. The summed E-state index contributed by atoms with van der Waals surface area (Å²) in [5.41, 5.74) is 0.872. The van der Waals surface area contributed by atoms with Gasteiger partial charge in [-0.1, -0.05) is 56.1 Å². The highest BCUT2D eigenvalue weighted by molar-refractivity contribution is 6.30. The summed E-state index contributed by atoms with van der Waals surface area (Å²) in [4.78, 5) is 20.0. The minimum atomic E-state index is -1.01. The summed E-state index contributed by atoms with van der Waals surface area (Å²) in [6.07, 6.45) is 3.22. The van der Waals surface area contributed by atoms with Crippen molar-refractivity contribution in [3.8, 4) is 0 Å². The maximum absolute atomic E-state index is 13.6. The first-order chi connectivity index (χ1) is 15.8. The van der Waals surface area contributed by atoms with Gasteiger partial charge in [0.2, 0.25) is 5.91 Å². The number of carbonyl (C=O) groups is 1. The number of nitrogens with one attached hydrogen (secondary N) is 1. The van der Waals surface area contributed by atoms with E-state index in [9.17, 15) is 9.90 Å². The molecule has 1 saturated heterocycles. The largest absolute Gasteiger partial charge is 0.424 e. The zero-order chi connectivity index (χ0) is 23.2. The maximum Gasteiger partial charge on any atom is 0.295 e. The van der Waals surface area contributed by atoms with Gasteiger partial charge in [0.25, 0.3) is 6.01 Å².